The fourth-order valence-corrected chi connectivity index (χ4v) is 4.70. The molecule has 0 bridgehead atoms. The molecule has 4 rings (SSSR count). The third-order valence-electron chi connectivity index (χ3n) is 5.57. The molecule has 0 spiro atoms. The van der Waals surface area contributed by atoms with E-state index < -0.39 is 11.3 Å². The van der Waals surface area contributed by atoms with Crippen molar-refractivity contribution in [2.24, 2.45) is 0 Å². The topological polar surface area (TPSA) is 108 Å². The molecule has 7 nitrogen and oxygen atoms in total. The quantitative estimate of drug-likeness (QED) is 0.522. The number of aromatic amines is 1. The molecule has 1 heterocycles. The molecular weight excluding hydrogens is 409 g/mol. The second-order valence-corrected chi connectivity index (χ2v) is 8.26. The van der Waals surface area contributed by atoms with Gasteiger partial charge in [-0.05, 0) is 47.9 Å². The number of H-pyrrole nitrogens is 1. The standard InChI is InChI=1S/C21H22FN3O4S/c1-12-17(24-21(27)18-11-14-9-15(22)5-6-16(14)23-18)10-13-3-2-4-19(20(12)13)25(7-8-26)30(28)29/h2-6,9,11-12,17,23,26H,7-8,10H2,1H3,(H,24,27)(H,28,29)/p-1. The Morgan fingerprint density at radius 1 is 1.37 bits per heavy atom. The van der Waals surface area contributed by atoms with Crippen LogP contribution < -0.4 is 9.62 Å². The predicted molar refractivity (Wildman–Crippen MR) is 111 cm³/mol. The number of halogens is 1. The van der Waals surface area contributed by atoms with Gasteiger partial charge in [0.15, 0.2) is 0 Å². The van der Waals surface area contributed by atoms with Crippen LogP contribution in [0.4, 0.5) is 10.1 Å². The van der Waals surface area contributed by atoms with Gasteiger partial charge in [0.1, 0.15) is 11.5 Å². The van der Waals surface area contributed by atoms with E-state index in [0.717, 1.165) is 15.4 Å². The Morgan fingerprint density at radius 2 is 2.17 bits per heavy atom. The van der Waals surface area contributed by atoms with Crippen molar-refractivity contribution in [3.05, 3.63) is 65.1 Å². The fourth-order valence-electron chi connectivity index (χ4n) is 4.15. The Kier molecular flexibility index (Phi) is 5.59. The van der Waals surface area contributed by atoms with Crippen molar-refractivity contribution < 1.29 is 23.1 Å². The zero-order valence-electron chi connectivity index (χ0n) is 16.2. The molecule has 1 amide bonds. The second kappa shape index (κ2) is 8.17. The smallest absolute Gasteiger partial charge is 0.267 e. The molecule has 3 aromatic rings. The lowest BCUT2D eigenvalue weighted by atomic mass is 9.98. The van der Waals surface area contributed by atoms with E-state index in [1.165, 1.54) is 12.1 Å². The monoisotopic (exact) mass is 430 g/mol. The van der Waals surface area contributed by atoms with Gasteiger partial charge < -0.3 is 24.3 Å². The molecule has 0 saturated heterocycles. The van der Waals surface area contributed by atoms with Crippen LogP contribution >= 0.6 is 0 Å². The van der Waals surface area contributed by atoms with Crippen molar-refractivity contribution in [1.29, 1.82) is 0 Å². The van der Waals surface area contributed by atoms with E-state index in [1.807, 2.05) is 13.0 Å². The van der Waals surface area contributed by atoms with Gasteiger partial charge in [0.2, 0.25) is 0 Å². The average molecular weight is 430 g/mol. The summed E-state index contributed by atoms with van der Waals surface area (Å²) in [5, 5.41) is 12.9. The van der Waals surface area contributed by atoms with Crippen LogP contribution in [0.3, 0.4) is 0 Å². The van der Waals surface area contributed by atoms with Crippen LogP contribution in [0.2, 0.25) is 0 Å². The molecule has 1 aliphatic rings. The highest BCUT2D eigenvalue weighted by atomic mass is 32.2. The van der Waals surface area contributed by atoms with E-state index in [4.69, 9.17) is 0 Å². The van der Waals surface area contributed by atoms with Gasteiger partial charge in [-0.1, -0.05) is 19.1 Å². The number of nitrogens with zero attached hydrogens (tertiary/aromatic N) is 1. The SMILES string of the molecule is CC1c2c(cccc2N(CCO)S(=O)[O-])CC1NC(=O)c1cc2cc(F)ccc2[nH]1. The number of carbonyl (C=O) groups is 1. The van der Waals surface area contributed by atoms with Crippen LogP contribution in [-0.2, 0) is 17.7 Å². The summed E-state index contributed by atoms with van der Waals surface area (Å²) >= 11 is -2.52. The first-order chi connectivity index (χ1) is 14.4. The highest BCUT2D eigenvalue weighted by Crippen LogP contribution is 2.40. The van der Waals surface area contributed by atoms with Crippen molar-refractivity contribution in [2.75, 3.05) is 17.5 Å². The van der Waals surface area contributed by atoms with Gasteiger partial charge in [-0.15, -0.1) is 0 Å². The number of fused-ring (bicyclic) bond motifs is 2. The molecule has 0 saturated carbocycles. The molecule has 0 aliphatic heterocycles. The lowest BCUT2D eigenvalue weighted by Gasteiger charge is -2.29. The molecular formula is C21H21FN3O4S-. The Hall–Kier alpha value is -2.75. The molecule has 0 radical (unpaired) electrons. The van der Waals surface area contributed by atoms with Crippen molar-refractivity contribution in [3.8, 4) is 0 Å². The number of aromatic nitrogens is 1. The Morgan fingerprint density at radius 3 is 2.90 bits per heavy atom. The first kappa shape index (κ1) is 20.5. The van der Waals surface area contributed by atoms with Gasteiger partial charge in [-0.3, -0.25) is 9.00 Å². The first-order valence-electron chi connectivity index (χ1n) is 9.57. The molecule has 1 aromatic heterocycles. The van der Waals surface area contributed by atoms with Gasteiger partial charge in [-0.25, -0.2) is 4.39 Å². The second-order valence-electron chi connectivity index (χ2n) is 7.38. The molecule has 30 heavy (non-hydrogen) atoms. The minimum atomic E-state index is -2.52. The summed E-state index contributed by atoms with van der Waals surface area (Å²) in [4.78, 5) is 15.8. The number of carbonyl (C=O) groups excluding carboxylic acids is 1. The van der Waals surface area contributed by atoms with E-state index in [-0.39, 0.29) is 36.8 Å². The summed E-state index contributed by atoms with van der Waals surface area (Å²) in [7, 11) is 0. The van der Waals surface area contributed by atoms with Crippen LogP contribution in [0.15, 0.2) is 42.5 Å². The summed E-state index contributed by atoms with van der Waals surface area (Å²) in [6.07, 6.45) is 0.559. The first-order valence-corrected chi connectivity index (χ1v) is 10.6. The highest BCUT2D eigenvalue weighted by molar-refractivity contribution is 7.80. The van der Waals surface area contributed by atoms with E-state index in [0.29, 0.717) is 28.7 Å². The normalized spacial score (nSPS) is 18.9. The summed E-state index contributed by atoms with van der Waals surface area (Å²) in [6.45, 7) is 1.60. The van der Waals surface area contributed by atoms with Gasteiger partial charge >= 0.3 is 0 Å². The maximum absolute atomic E-state index is 13.4. The molecule has 3 N–H and O–H groups in total. The van der Waals surface area contributed by atoms with Crippen molar-refractivity contribution >= 4 is 33.8 Å². The number of aliphatic hydroxyl groups is 1. The van der Waals surface area contributed by atoms with Crippen LogP contribution in [0.1, 0.15) is 34.5 Å². The zero-order chi connectivity index (χ0) is 21.4. The molecule has 158 valence electrons. The Balaban J connectivity index is 1.58. The third-order valence-corrected chi connectivity index (χ3v) is 6.31. The number of amides is 1. The van der Waals surface area contributed by atoms with E-state index in [9.17, 15) is 23.1 Å². The van der Waals surface area contributed by atoms with Crippen LogP contribution in [0.25, 0.3) is 10.9 Å². The molecule has 0 fully saturated rings. The van der Waals surface area contributed by atoms with Crippen molar-refractivity contribution in [3.63, 3.8) is 0 Å². The number of aliphatic hydroxyl groups excluding tert-OH is 1. The van der Waals surface area contributed by atoms with Gasteiger partial charge in [0.25, 0.3) is 5.91 Å². The maximum atomic E-state index is 13.4. The van der Waals surface area contributed by atoms with E-state index in [1.54, 1.807) is 24.3 Å². The van der Waals surface area contributed by atoms with Crippen LogP contribution in [-0.4, -0.2) is 44.0 Å². The summed E-state index contributed by atoms with van der Waals surface area (Å²) in [5.41, 5.74) is 3.32. The number of rotatable bonds is 6. The van der Waals surface area contributed by atoms with Crippen LogP contribution in [0.5, 0.6) is 0 Å². The number of benzene rings is 2. The van der Waals surface area contributed by atoms with Gasteiger partial charge in [0, 0.05) is 34.1 Å². The number of nitrogens with one attached hydrogen (secondary N) is 2. The Bertz CT molecular complexity index is 1130. The minimum absolute atomic E-state index is 0.0397. The lowest BCUT2D eigenvalue weighted by Crippen LogP contribution is -2.37. The molecule has 9 heteroatoms. The third kappa shape index (κ3) is 3.71. The fraction of sp³-hybridized carbons (Fsp3) is 0.286. The predicted octanol–water partition coefficient (Wildman–Crippen LogP) is 2.36. The van der Waals surface area contributed by atoms with Gasteiger partial charge in [0.05, 0.1) is 18.8 Å². The van der Waals surface area contributed by atoms with Crippen molar-refractivity contribution in [2.45, 2.75) is 25.3 Å². The Labute approximate surface area is 175 Å². The molecule has 3 unspecified atom stereocenters. The van der Waals surface area contributed by atoms with E-state index in [2.05, 4.69) is 10.3 Å². The zero-order valence-corrected chi connectivity index (χ0v) is 17.0. The number of anilines is 1. The molecule has 1 aliphatic carbocycles. The molecule has 2 aromatic carbocycles. The van der Waals surface area contributed by atoms with E-state index >= 15 is 0 Å². The largest absolute Gasteiger partial charge is 0.755 e. The summed E-state index contributed by atoms with van der Waals surface area (Å²) in [6, 6.07) is 11.0. The number of hydrogen-bond donors (Lipinski definition) is 3. The maximum Gasteiger partial charge on any atom is 0.267 e. The summed E-state index contributed by atoms with van der Waals surface area (Å²) < 4.78 is 37.9. The lowest BCUT2D eigenvalue weighted by molar-refractivity contribution is 0.0930. The summed E-state index contributed by atoms with van der Waals surface area (Å²) in [5.74, 6) is -0.812. The highest BCUT2D eigenvalue weighted by Gasteiger charge is 2.34. The number of hydrogen-bond acceptors (Lipinski definition) is 4. The van der Waals surface area contributed by atoms with Gasteiger partial charge in [-0.2, -0.15) is 0 Å². The minimum Gasteiger partial charge on any atom is -0.755 e. The average Bonchev–Trinajstić information content (AvgIpc) is 3.27. The van der Waals surface area contributed by atoms with Crippen molar-refractivity contribution in [1.82, 2.24) is 10.3 Å². The molecule has 3 atom stereocenters. The van der Waals surface area contributed by atoms with Crippen LogP contribution in [0, 0.1) is 5.82 Å².